The van der Waals surface area contributed by atoms with Crippen molar-refractivity contribution in [3.05, 3.63) is 233 Å². The second-order valence-corrected chi connectivity index (χ2v) is 24.7. The number of hydrogen-bond acceptors (Lipinski definition) is 6. The van der Waals surface area contributed by atoms with Crippen molar-refractivity contribution < 1.29 is 0 Å². The van der Waals surface area contributed by atoms with E-state index in [0.717, 1.165) is 11.4 Å². The van der Waals surface area contributed by atoms with Gasteiger partial charge in [-0.1, -0.05) is 151 Å². The smallest absolute Gasteiger partial charge is 0.264 e. The minimum Gasteiger partial charge on any atom is -0.311 e. The molecule has 1 atom stereocenters. The van der Waals surface area contributed by atoms with E-state index < -0.39 is 0 Å². The quantitative estimate of drug-likeness (QED) is 0.163. The summed E-state index contributed by atoms with van der Waals surface area (Å²) in [6.07, 6.45) is 0. The molecule has 4 aliphatic heterocycles. The van der Waals surface area contributed by atoms with E-state index in [2.05, 4.69) is 267 Å². The first kappa shape index (κ1) is 43.7. The van der Waals surface area contributed by atoms with Gasteiger partial charge in [0.1, 0.15) is 0 Å². The molecule has 6 heterocycles. The van der Waals surface area contributed by atoms with E-state index in [1.807, 2.05) is 22.7 Å². The average molecular weight is 989 g/mol. The van der Waals surface area contributed by atoms with E-state index in [4.69, 9.17) is 0 Å². The van der Waals surface area contributed by atoms with Crippen LogP contribution >= 0.6 is 22.7 Å². The van der Waals surface area contributed by atoms with Crippen molar-refractivity contribution in [2.75, 3.05) is 19.6 Å². The van der Waals surface area contributed by atoms with Gasteiger partial charge >= 0.3 is 0 Å². The number of hydrogen-bond donors (Lipinski definition) is 0. The Morgan fingerprint density at radius 2 is 0.811 bits per heavy atom. The summed E-state index contributed by atoms with van der Waals surface area (Å²) in [6, 6.07) is 78.1. The van der Waals surface area contributed by atoms with Gasteiger partial charge < -0.3 is 19.6 Å². The van der Waals surface area contributed by atoms with Crippen LogP contribution in [-0.2, 0) is 10.8 Å². The second kappa shape index (κ2) is 15.8. The molecule has 74 heavy (non-hydrogen) atoms. The maximum absolute atomic E-state index is 2.64. The van der Waals surface area contributed by atoms with Crippen molar-refractivity contribution in [2.45, 2.75) is 58.3 Å². The Bertz CT molecular complexity index is 3810. The van der Waals surface area contributed by atoms with Crippen molar-refractivity contribution in [3.8, 4) is 0 Å². The first-order valence-corrected chi connectivity index (χ1v) is 27.6. The highest BCUT2D eigenvalue weighted by Crippen LogP contribution is 2.65. The van der Waals surface area contributed by atoms with Crippen LogP contribution < -0.4 is 35.3 Å². The van der Waals surface area contributed by atoms with E-state index in [-0.39, 0.29) is 23.5 Å². The fourth-order valence-electron chi connectivity index (χ4n) is 12.6. The molecule has 4 aliphatic rings. The first-order chi connectivity index (χ1) is 36.0. The number of rotatable bonds is 4. The molecule has 356 valence electrons. The highest BCUT2D eigenvalue weighted by molar-refractivity contribution is 7.33. The summed E-state index contributed by atoms with van der Waals surface area (Å²) in [6.45, 7) is 14.1. The fraction of sp³-hybridized carbons (Fsp3) is 0.134. The van der Waals surface area contributed by atoms with E-state index >= 15 is 0 Å². The van der Waals surface area contributed by atoms with Crippen molar-refractivity contribution in [3.63, 3.8) is 0 Å². The molecule has 0 radical (unpaired) electrons. The Morgan fingerprint density at radius 1 is 0.392 bits per heavy atom. The zero-order chi connectivity index (χ0) is 49.8. The van der Waals surface area contributed by atoms with E-state index in [1.54, 1.807) is 0 Å². The summed E-state index contributed by atoms with van der Waals surface area (Å²) in [5.74, 6) is -0.0445. The Hall–Kier alpha value is -7.84. The molecule has 7 heteroatoms. The van der Waals surface area contributed by atoms with Crippen molar-refractivity contribution >= 4 is 134 Å². The zero-order valence-corrected chi connectivity index (χ0v) is 44.0. The van der Waals surface area contributed by atoms with Crippen LogP contribution in [0.5, 0.6) is 0 Å². The predicted octanol–water partition coefficient (Wildman–Crippen LogP) is 17.5. The molecule has 0 saturated heterocycles. The summed E-state index contributed by atoms with van der Waals surface area (Å²) in [7, 11) is 0. The van der Waals surface area contributed by atoms with Crippen molar-refractivity contribution in [1.82, 2.24) is 0 Å². The van der Waals surface area contributed by atoms with Crippen LogP contribution in [0.25, 0.3) is 20.2 Å². The van der Waals surface area contributed by atoms with Crippen LogP contribution in [0, 0.1) is 0 Å². The molecule has 0 amide bonds. The van der Waals surface area contributed by atoms with E-state index in [1.165, 1.54) is 120 Å². The highest BCUT2D eigenvalue weighted by atomic mass is 32.1. The molecule has 9 aromatic carbocycles. The predicted molar refractivity (Wildman–Crippen MR) is 319 cm³/mol. The lowest BCUT2D eigenvalue weighted by atomic mass is 9.36. The Morgan fingerprint density at radius 3 is 1.35 bits per heavy atom. The number of anilines is 12. The van der Waals surface area contributed by atoms with E-state index in [0.29, 0.717) is 0 Å². The first-order valence-electron chi connectivity index (χ1n) is 26.0. The van der Waals surface area contributed by atoms with Crippen LogP contribution in [-0.4, -0.2) is 6.71 Å². The van der Waals surface area contributed by atoms with Gasteiger partial charge in [0.15, 0.2) is 0 Å². The lowest BCUT2D eigenvalue weighted by molar-refractivity contribution is 0.589. The Labute approximate surface area is 442 Å². The van der Waals surface area contributed by atoms with Gasteiger partial charge in [-0.05, 0) is 136 Å². The lowest BCUT2D eigenvalue weighted by Crippen LogP contribution is -2.60. The third-order valence-electron chi connectivity index (χ3n) is 16.0. The van der Waals surface area contributed by atoms with Gasteiger partial charge in [0, 0.05) is 80.9 Å². The third kappa shape index (κ3) is 6.26. The minimum atomic E-state index is -0.134. The Balaban J connectivity index is 1.11. The van der Waals surface area contributed by atoms with Crippen LogP contribution in [0.1, 0.15) is 74.6 Å². The monoisotopic (exact) mass is 988 g/mol. The summed E-state index contributed by atoms with van der Waals surface area (Å²) < 4.78 is 3.99. The molecule has 0 N–H and O–H groups in total. The minimum absolute atomic E-state index is 0.0445. The van der Waals surface area contributed by atoms with Crippen LogP contribution in [0.4, 0.5) is 68.2 Å². The molecule has 0 spiro atoms. The summed E-state index contributed by atoms with van der Waals surface area (Å²) in [5.41, 5.74) is 22.4. The fourth-order valence-corrected chi connectivity index (χ4v) is 15.3. The molecule has 2 aromatic heterocycles. The molecule has 0 saturated carbocycles. The van der Waals surface area contributed by atoms with Crippen LogP contribution in [0.2, 0.25) is 0 Å². The van der Waals surface area contributed by atoms with Gasteiger partial charge in [0.05, 0.1) is 28.7 Å². The van der Waals surface area contributed by atoms with Gasteiger partial charge in [-0.15, -0.1) is 22.7 Å². The molecular formula is C67H53BN4S2. The molecule has 4 nitrogen and oxygen atoms in total. The lowest BCUT2D eigenvalue weighted by Gasteiger charge is -2.47. The largest absolute Gasteiger partial charge is 0.311 e. The SMILES string of the molecule is CC(C)(C)c1cc2c3c(c1)N(c1ccccc1)c1c(sc4ccccc14)B3c1cc3c(cc1N2c1ccccc1)C1c2sc4ccccc4c2N(c2ccccc2)c2cc(C(C)(C)C)cc(c21)N3c1ccccc1. The summed E-state index contributed by atoms with van der Waals surface area (Å²) in [5, 5.41) is 2.58. The zero-order valence-electron chi connectivity index (χ0n) is 42.4. The van der Waals surface area contributed by atoms with Gasteiger partial charge in [-0.25, -0.2) is 0 Å². The number of benzene rings is 9. The van der Waals surface area contributed by atoms with Crippen molar-refractivity contribution in [1.29, 1.82) is 0 Å². The molecule has 1 unspecified atom stereocenters. The molecule has 0 bridgehead atoms. The number of para-hydroxylation sites is 4. The van der Waals surface area contributed by atoms with Gasteiger partial charge in [0.25, 0.3) is 6.71 Å². The van der Waals surface area contributed by atoms with E-state index in [9.17, 15) is 0 Å². The molecular weight excluding hydrogens is 936 g/mol. The highest BCUT2D eigenvalue weighted by Gasteiger charge is 2.49. The number of thiophene rings is 2. The maximum Gasteiger partial charge on any atom is 0.264 e. The standard InChI is InChI=1S/C67H53BN4S2/c1-66(2,3)41-35-53-60-54(36-41)71(45-27-15-9-16-28-45)62-47-31-19-21-33-57(47)73-64(62)59(60)49-39-52-50(40-51(49)69(53)43-23-11-7-12-24-43)68-61-55(70(52)44-25-13-8-14-26-44)37-42(67(4,5)6)38-56(61)72(46-29-17-10-18-30-46)63-48-32-20-22-34-58(48)74-65(63)68/h7-40,59H,1-6H3. The average Bonchev–Trinajstić information content (AvgIpc) is 4.02. The third-order valence-corrected chi connectivity index (χ3v) is 18.5. The summed E-state index contributed by atoms with van der Waals surface area (Å²) in [4.78, 5) is 11.8. The van der Waals surface area contributed by atoms with Gasteiger partial charge in [-0.3, -0.25) is 0 Å². The van der Waals surface area contributed by atoms with Gasteiger partial charge in [0.2, 0.25) is 0 Å². The number of fused-ring (bicyclic) bond motifs is 12. The molecule has 11 aromatic rings. The maximum atomic E-state index is 2.64. The second-order valence-electron chi connectivity index (χ2n) is 22.5. The number of nitrogens with zero attached hydrogens (tertiary/aromatic N) is 4. The van der Waals surface area contributed by atoms with Crippen LogP contribution in [0.3, 0.4) is 0 Å². The molecule has 0 aliphatic carbocycles. The summed E-state index contributed by atoms with van der Waals surface area (Å²) >= 11 is 3.93. The molecule has 15 rings (SSSR count). The van der Waals surface area contributed by atoms with Crippen molar-refractivity contribution in [2.24, 2.45) is 0 Å². The molecule has 0 fully saturated rings. The normalized spacial score (nSPS) is 15.2. The Kier molecular flexibility index (Phi) is 9.36. The van der Waals surface area contributed by atoms with Crippen LogP contribution in [0.15, 0.2) is 206 Å². The van der Waals surface area contributed by atoms with Gasteiger partial charge in [-0.2, -0.15) is 0 Å². The topological polar surface area (TPSA) is 13.0 Å².